The van der Waals surface area contributed by atoms with E-state index >= 15 is 0 Å². The van der Waals surface area contributed by atoms with E-state index < -0.39 is 18.4 Å². The Morgan fingerprint density at radius 2 is 2.05 bits per heavy atom. The minimum absolute atomic E-state index is 0.188. The van der Waals surface area contributed by atoms with Crippen molar-refractivity contribution in [3.8, 4) is 0 Å². The molecular formula is C14H11BrO5. The highest BCUT2D eigenvalue weighted by Gasteiger charge is 2.44. The Bertz CT molecular complexity index is 565. The fraction of sp³-hybridized carbons (Fsp3) is 0.286. The summed E-state index contributed by atoms with van der Waals surface area (Å²) in [5.74, 6) is -1.06. The molecule has 0 aromatic heterocycles. The average molecular weight is 339 g/mol. The number of rotatable bonds is 2. The van der Waals surface area contributed by atoms with Crippen molar-refractivity contribution in [3.63, 3.8) is 0 Å². The van der Waals surface area contributed by atoms with Gasteiger partial charge in [-0.25, -0.2) is 4.79 Å². The van der Waals surface area contributed by atoms with Crippen LogP contribution in [0.2, 0.25) is 0 Å². The third-order valence-electron chi connectivity index (χ3n) is 3.23. The Kier molecular flexibility index (Phi) is 3.48. The Balaban J connectivity index is 1.72. The molecule has 1 saturated heterocycles. The lowest BCUT2D eigenvalue weighted by atomic mass is 9.98. The maximum absolute atomic E-state index is 12.1. The molecule has 0 spiro atoms. The lowest BCUT2D eigenvalue weighted by Gasteiger charge is -2.27. The van der Waals surface area contributed by atoms with Crippen LogP contribution < -0.4 is 0 Å². The van der Waals surface area contributed by atoms with E-state index in [1.54, 1.807) is 30.3 Å². The van der Waals surface area contributed by atoms with Gasteiger partial charge in [0, 0.05) is 4.47 Å². The summed E-state index contributed by atoms with van der Waals surface area (Å²) in [5, 5.41) is 0. The number of esters is 2. The Labute approximate surface area is 123 Å². The lowest BCUT2D eigenvalue weighted by molar-refractivity contribution is -0.161. The van der Waals surface area contributed by atoms with Crippen molar-refractivity contribution in [1.82, 2.24) is 0 Å². The van der Waals surface area contributed by atoms with Crippen molar-refractivity contribution in [2.45, 2.75) is 18.8 Å². The molecule has 2 aliphatic rings. The summed E-state index contributed by atoms with van der Waals surface area (Å²) in [6, 6.07) is 6.87. The fourth-order valence-electron chi connectivity index (χ4n) is 2.20. The third kappa shape index (κ3) is 2.56. The number of ether oxygens (including phenoxy) is 3. The molecule has 1 fully saturated rings. The van der Waals surface area contributed by atoms with Gasteiger partial charge in [0.25, 0.3) is 6.29 Å². The average Bonchev–Trinajstić information content (AvgIpc) is 2.81. The zero-order valence-corrected chi connectivity index (χ0v) is 11.9. The molecule has 0 N–H and O–H groups in total. The van der Waals surface area contributed by atoms with E-state index in [1.165, 1.54) is 6.26 Å². The minimum Gasteiger partial charge on any atom is -0.462 e. The van der Waals surface area contributed by atoms with Gasteiger partial charge in [0.15, 0.2) is 0 Å². The molecule has 0 aliphatic carbocycles. The summed E-state index contributed by atoms with van der Waals surface area (Å²) in [6.07, 6.45) is 2.04. The molecule has 0 unspecified atom stereocenters. The first-order valence-corrected chi connectivity index (χ1v) is 6.91. The highest BCUT2D eigenvalue weighted by molar-refractivity contribution is 9.10. The van der Waals surface area contributed by atoms with Crippen molar-refractivity contribution < 1.29 is 23.8 Å². The van der Waals surface area contributed by atoms with Gasteiger partial charge >= 0.3 is 11.9 Å². The van der Waals surface area contributed by atoms with E-state index in [0.29, 0.717) is 5.56 Å². The second-order valence-corrected chi connectivity index (χ2v) is 5.48. The van der Waals surface area contributed by atoms with Crippen molar-refractivity contribution >= 4 is 27.9 Å². The number of carbonyl (C=O) groups excluding carboxylic acids is 2. The molecular weight excluding hydrogens is 328 g/mol. The van der Waals surface area contributed by atoms with Gasteiger partial charge in [-0.05, 0) is 30.3 Å². The van der Waals surface area contributed by atoms with Gasteiger partial charge in [-0.2, -0.15) is 0 Å². The number of benzene rings is 1. The number of hydrogen-bond acceptors (Lipinski definition) is 5. The summed E-state index contributed by atoms with van der Waals surface area (Å²) < 4.78 is 16.5. The smallest absolute Gasteiger partial charge is 0.338 e. The molecule has 0 bridgehead atoms. The highest BCUT2D eigenvalue weighted by atomic mass is 79.9. The summed E-state index contributed by atoms with van der Waals surface area (Å²) >= 11 is 3.30. The fourth-order valence-corrected chi connectivity index (χ4v) is 2.47. The Morgan fingerprint density at radius 1 is 1.30 bits per heavy atom. The molecule has 6 heteroatoms. The summed E-state index contributed by atoms with van der Waals surface area (Å²) in [4.78, 5) is 23.3. The van der Waals surface area contributed by atoms with Crippen molar-refractivity contribution in [1.29, 1.82) is 0 Å². The predicted molar refractivity (Wildman–Crippen MR) is 71.6 cm³/mol. The van der Waals surface area contributed by atoms with E-state index in [9.17, 15) is 9.59 Å². The first-order chi connectivity index (χ1) is 9.63. The van der Waals surface area contributed by atoms with Crippen LogP contribution in [-0.4, -0.2) is 24.3 Å². The summed E-state index contributed by atoms with van der Waals surface area (Å²) in [5.41, 5.74) is 0.454. The molecule has 0 radical (unpaired) electrons. The zero-order valence-electron chi connectivity index (χ0n) is 10.3. The molecule has 0 saturated carbocycles. The number of carbonyl (C=O) groups is 2. The maximum atomic E-state index is 12.1. The maximum Gasteiger partial charge on any atom is 0.338 e. The van der Waals surface area contributed by atoms with Crippen LogP contribution >= 0.6 is 15.9 Å². The standard InChI is InChI=1S/C14H11BrO5/c15-9-3-1-8(2-4-9)13(17)19-11-5-6-18-14-10(11)7-12(16)20-14/h1-6,10-11,14H,7H2/t10-,11+,14-/m1/s1. The first-order valence-electron chi connectivity index (χ1n) is 6.11. The van der Waals surface area contributed by atoms with E-state index in [4.69, 9.17) is 14.2 Å². The molecule has 104 valence electrons. The van der Waals surface area contributed by atoms with Crippen molar-refractivity contribution in [2.24, 2.45) is 5.92 Å². The lowest BCUT2D eigenvalue weighted by Crippen LogP contribution is -2.34. The van der Waals surface area contributed by atoms with Gasteiger partial charge in [0.1, 0.15) is 6.10 Å². The van der Waals surface area contributed by atoms with Crippen LogP contribution in [0.3, 0.4) is 0 Å². The SMILES string of the molecule is O=C1C[C@H]2[C@H](OC=C[C@@H]2OC(=O)c2ccc(Br)cc2)O1. The van der Waals surface area contributed by atoms with Crippen LogP contribution in [0, 0.1) is 5.92 Å². The third-order valence-corrected chi connectivity index (χ3v) is 3.75. The number of halogens is 1. The summed E-state index contributed by atoms with van der Waals surface area (Å²) in [6.45, 7) is 0. The second-order valence-electron chi connectivity index (χ2n) is 4.57. The molecule has 1 aromatic carbocycles. The van der Waals surface area contributed by atoms with Crippen LogP contribution in [0.1, 0.15) is 16.8 Å². The van der Waals surface area contributed by atoms with Crippen molar-refractivity contribution in [2.75, 3.05) is 0 Å². The van der Waals surface area contributed by atoms with Crippen LogP contribution in [0.5, 0.6) is 0 Å². The largest absolute Gasteiger partial charge is 0.462 e. The summed E-state index contributed by atoms with van der Waals surface area (Å²) in [7, 11) is 0. The molecule has 20 heavy (non-hydrogen) atoms. The number of fused-ring (bicyclic) bond motifs is 1. The highest BCUT2D eigenvalue weighted by Crippen LogP contribution is 2.32. The topological polar surface area (TPSA) is 61.8 Å². The van der Waals surface area contributed by atoms with Crippen LogP contribution in [0.25, 0.3) is 0 Å². The Hall–Kier alpha value is -1.82. The molecule has 5 nitrogen and oxygen atoms in total. The molecule has 2 heterocycles. The molecule has 2 aliphatic heterocycles. The monoisotopic (exact) mass is 338 g/mol. The van der Waals surface area contributed by atoms with Gasteiger partial charge in [-0.1, -0.05) is 15.9 Å². The van der Waals surface area contributed by atoms with Crippen LogP contribution in [0.15, 0.2) is 41.1 Å². The van der Waals surface area contributed by atoms with Gasteiger partial charge in [0.05, 0.1) is 24.2 Å². The van der Waals surface area contributed by atoms with E-state index in [2.05, 4.69) is 15.9 Å². The normalized spacial score (nSPS) is 27.4. The van der Waals surface area contributed by atoms with Gasteiger partial charge in [0.2, 0.25) is 0 Å². The predicted octanol–water partition coefficient (Wildman–Crippen LogP) is 2.41. The molecule has 0 amide bonds. The second kappa shape index (κ2) is 5.28. The first kappa shape index (κ1) is 13.2. The van der Waals surface area contributed by atoms with Gasteiger partial charge in [-0.3, -0.25) is 4.79 Å². The van der Waals surface area contributed by atoms with E-state index in [0.717, 1.165) is 4.47 Å². The minimum atomic E-state index is -0.657. The van der Waals surface area contributed by atoms with E-state index in [-0.39, 0.29) is 18.3 Å². The van der Waals surface area contributed by atoms with Crippen LogP contribution in [-0.2, 0) is 19.0 Å². The van der Waals surface area contributed by atoms with Crippen LogP contribution in [0.4, 0.5) is 0 Å². The Morgan fingerprint density at radius 3 is 2.80 bits per heavy atom. The molecule has 3 atom stereocenters. The van der Waals surface area contributed by atoms with Gasteiger partial charge in [-0.15, -0.1) is 0 Å². The molecule has 3 rings (SSSR count). The molecule has 1 aromatic rings. The van der Waals surface area contributed by atoms with Crippen molar-refractivity contribution in [3.05, 3.63) is 46.6 Å². The zero-order chi connectivity index (χ0) is 14.1. The number of hydrogen-bond donors (Lipinski definition) is 0. The van der Waals surface area contributed by atoms with E-state index in [1.807, 2.05) is 0 Å². The van der Waals surface area contributed by atoms with Gasteiger partial charge < -0.3 is 14.2 Å². The quantitative estimate of drug-likeness (QED) is 0.775.